The number of ether oxygens (including phenoxy) is 2. The van der Waals surface area contributed by atoms with E-state index in [4.69, 9.17) is 18.8 Å². The van der Waals surface area contributed by atoms with Crippen molar-refractivity contribution in [1.82, 2.24) is 20.9 Å². The number of hydrogen-bond donors (Lipinski definition) is 4. The molecule has 0 spiro atoms. The predicted molar refractivity (Wildman–Crippen MR) is 300 cm³/mol. The molecule has 0 aliphatic carbocycles. The molecule has 4 N–H and O–H groups in total. The van der Waals surface area contributed by atoms with E-state index in [9.17, 15) is 34.0 Å². The van der Waals surface area contributed by atoms with Gasteiger partial charge in [0.1, 0.15) is 6.29 Å². The number of benzene rings is 4. The normalized spacial score (nSPS) is 14.5. The lowest BCUT2D eigenvalue weighted by Crippen LogP contribution is -2.56. The summed E-state index contributed by atoms with van der Waals surface area (Å²) in [5, 5.41) is 21.6. The van der Waals surface area contributed by atoms with E-state index in [1.54, 1.807) is 30.3 Å². The summed E-state index contributed by atoms with van der Waals surface area (Å²) in [6, 6.07) is 19.9. The van der Waals surface area contributed by atoms with E-state index in [0.29, 0.717) is 46.8 Å². The van der Waals surface area contributed by atoms with Gasteiger partial charge >= 0.3 is 14.2 Å². The highest BCUT2D eigenvalue weighted by Gasteiger charge is 2.52. The van der Waals surface area contributed by atoms with Gasteiger partial charge in [0, 0.05) is 47.6 Å². The van der Waals surface area contributed by atoms with Gasteiger partial charge in [-0.05, 0) is 139 Å². The van der Waals surface area contributed by atoms with Crippen LogP contribution < -0.4 is 21.8 Å². The summed E-state index contributed by atoms with van der Waals surface area (Å²) in [4.78, 5) is 65.7. The van der Waals surface area contributed by atoms with Crippen molar-refractivity contribution in [3.63, 3.8) is 0 Å². The van der Waals surface area contributed by atoms with E-state index >= 15 is 0 Å². The molecule has 4 aromatic rings. The summed E-state index contributed by atoms with van der Waals surface area (Å²) in [6.07, 6.45) is 0.952. The number of aryl methyl sites for hydroxylation is 4. The molecule has 1 aliphatic rings. The average Bonchev–Trinajstić information content (AvgIpc) is 3.51. The Labute approximate surface area is 448 Å². The summed E-state index contributed by atoms with van der Waals surface area (Å²) in [5.74, 6) is -1.58. The summed E-state index contributed by atoms with van der Waals surface area (Å²) >= 11 is 0. The molecule has 0 saturated carbocycles. The predicted octanol–water partition coefficient (Wildman–Crippen LogP) is 9.19. The molecule has 2 atom stereocenters. The topological polar surface area (TPSA) is 193 Å². The van der Waals surface area contributed by atoms with Gasteiger partial charge in [-0.3, -0.25) is 34.8 Å². The van der Waals surface area contributed by atoms with Crippen LogP contribution in [0.15, 0.2) is 72.8 Å². The Kier molecular flexibility index (Phi) is 23.0. The van der Waals surface area contributed by atoms with Crippen LogP contribution in [0, 0.1) is 38.5 Å². The third-order valence-corrected chi connectivity index (χ3v) is 13.5. The highest BCUT2D eigenvalue weighted by Crippen LogP contribution is 2.37. The first-order chi connectivity index (χ1) is 33.8. The van der Waals surface area contributed by atoms with Crippen molar-refractivity contribution in [3.8, 4) is 0 Å². The maximum atomic E-state index is 13.9. The van der Waals surface area contributed by atoms with Crippen LogP contribution in [-0.2, 0) is 18.8 Å². The van der Waals surface area contributed by atoms with E-state index in [1.165, 1.54) is 42.4 Å². The quantitative estimate of drug-likeness (QED) is 0.0407. The molecule has 4 aromatic carbocycles. The molecule has 1 heterocycles. The highest BCUT2D eigenvalue weighted by molar-refractivity contribution is 6.62. The Balaban J connectivity index is 0.000000515. The third kappa shape index (κ3) is 15.9. The van der Waals surface area contributed by atoms with Crippen molar-refractivity contribution in [2.24, 2.45) is 10.8 Å². The van der Waals surface area contributed by atoms with Crippen LogP contribution in [0.4, 0.5) is 0 Å². The number of carbonyl (C=O) groups excluding carboxylic acids is 5. The van der Waals surface area contributed by atoms with Crippen LogP contribution >= 0.6 is 0 Å². The Morgan fingerprint density at radius 3 is 1.35 bits per heavy atom. The fourth-order valence-corrected chi connectivity index (χ4v) is 9.24. The van der Waals surface area contributed by atoms with Gasteiger partial charge in [-0.25, -0.2) is 10.0 Å². The first-order valence-electron chi connectivity index (χ1n) is 24.8. The molecular formula is C58H86B2N4O11. The van der Waals surface area contributed by atoms with Gasteiger partial charge in [-0.15, -0.1) is 0 Å². The first-order valence-corrected chi connectivity index (χ1v) is 24.8. The lowest BCUT2D eigenvalue weighted by atomic mass is 9.75. The Bertz CT molecular complexity index is 2580. The Morgan fingerprint density at radius 1 is 0.640 bits per heavy atom. The van der Waals surface area contributed by atoms with Crippen molar-refractivity contribution < 1.29 is 52.8 Å². The number of amides is 4. The molecule has 17 heteroatoms. The molecule has 5 rings (SSSR count). The van der Waals surface area contributed by atoms with Gasteiger partial charge in [-0.1, -0.05) is 117 Å². The smallest absolute Gasteiger partial charge is 0.423 e. The largest absolute Gasteiger partial charge is 0.495 e. The zero-order valence-corrected chi connectivity index (χ0v) is 46.3. The Morgan fingerprint density at radius 2 is 1.01 bits per heavy atom. The van der Waals surface area contributed by atoms with E-state index < -0.39 is 43.5 Å². The van der Waals surface area contributed by atoms with Crippen molar-refractivity contribution >= 4 is 55.1 Å². The molecule has 0 unspecified atom stereocenters. The molecule has 410 valence electrons. The van der Waals surface area contributed by atoms with Crippen LogP contribution in [-0.4, -0.2) is 102 Å². The molecule has 15 nitrogen and oxygen atoms in total. The molecule has 1 aliphatic heterocycles. The second-order valence-corrected chi connectivity index (χ2v) is 22.1. The molecule has 0 radical (unpaired) electrons. The lowest BCUT2D eigenvalue weighted by molar-refractivity contribution is -0.105. The van der Waals surface area contributed by atoms with Crippen molar-refractivity contribution in [3.05, 3.63) is 128 Å². The van der Waals surface area contributed by atoms with Gasteiger partial charge in [0.05, 0.1) is 23.3 Å². The van der Waals surface area contributed by atoms with Crippen molar-refractivity contribution in [1.29, 1.82) is 0 Å². The molecular weight excluding hydrogens is 950 g/mol. The lowest BCUT2D eigenvalue weighted by Gasteiger charge is -2.39. The summed E-state index contributed by atoms with van der Waals surface area (Å²) in [6.45, 7) is 31.8. The SMILES string of the molecule is C.C.CC[C@@H](N(NC(=O)c1ccc(B(O)O)c(C=O)c1)C(=O)c1cc(C)cc(C)c1)C(C)(C)C.CC[C@@H](N(NC(=O)c1ccc(B2OC(C)(C)C(C)(C)O2)c(C(OC)OC)c1)C(=O)c1cc(C)cc(C)c1)C(C)(C)C. The fraction of sp³-hybridized carbons (Fsp3) is 0.500. The zero-order valence-electron chi connectivity index (χ0n) is 46.3. The van der Waals surface area contributed by atoms with E-state index in [1.807, 2.05) is 114 Å². The number of rotatable bonds is 14. The van der Waals surface area contributed by atoms with E-state index in [0.717, 1.165) is 22.3 Å². The zero-order chi connectivity index (χ0) is 55.1. The van der Waals surface area contributed by atoms with Crippen LogP contribution in [0.5, 0.6) is 0 Å². The number of nitrogens with zero attached hydrogens (tertiary/aromatic N) is 2. The number of methoxy groups -OCH3 is 2. The number of aldehydes is 1. The summed E-state index contributed by atoms with van der Waals surface area (Å²) in [5.41, 5.74) is 10.6. The second kappa shape index (κ2) is 26.4. The minimum atomic E-state index is -1.83. The van der Waals surface area contributed by atoms with E-state index in [-0.39, 0.29) is 66.2 Å². The van der Waals surface area contributed by atoms with Gasteiger partial charge in [0.25, 0.3) is 23.6 Å². The van der Waals surface area contributed by atoms with Crippen LogP contribution in [0.25, 0.3) is 0 Å². The van der Waals surface area contributed by atoms with Crippen LogP contribution in [0.3, 0.4) is 0 Å². The maximum Gasteiger partial charge on any atom is 0.495 e. The standard InChI is InChI=1S/C32H47BN2O6.C24H31BN2O5.2CH4/c1-13-26(30(4,5)6)35(28(37)23-17-20(2)16-21(3)18-23)34-27(36)22-14-15-25(24(19-22)29(38-11)39-12)33-40-31(7,8)32(9,10)41-33;1-7-21(24(4,5)6)27(23(30)18-11-15(2)10-16(3)12-18)26-22(29)17-8-9-20(25(31)32)19(13-17)14-28;;/h14-19,26,29H,13H2,1-12H3,(H,34,36);8-14,21,31-32H,7H2,1-6H3,(H,26,29);2*1H4/t26-;21-;;/m11../s1. The first kappa shape index (κ1) is 65.4. The number of carbonyl (C=O) groups is 5. The van der Waals surface area contributed by atoms with Gasteiger partial charge < -0.3 is 28.8 Å². The highest BCUT2D eigenvalue weighted by atomic mass is 16.7. The number of nitrogens with one attached hydrogen (secondary N) is 2. The maximum absolute atomic E-state index is 13.9. The van der Waals surface area contributed by atoms with Crippen molar-refractivity contribution in [2.45, 2.75) is 168 Å². The molecule has 1 fully saturated rings. The monoisotopic (exact) mass is 1040 g/mol. The minimum Gasteiger partial charge on any atom is -0.423 e. The average molecular weight is 1040 g/mol. The molecule has 0 bridgehead atoms. The molecule has 4 amide bonds. The second-order valence-electron chi connectivity index (χ2n) is 22.1. The summed E-state index contributed by atoms with van der Waals surface area (Å²) < 4.78 is 23.8. The van der Waals surface area contributed by atoms with E-state index in [2.05, 4.69) is 31.6 Å². The van der Waals surface area contributed by atoms with Gasteiger partial charge in [-0.2, -0.15) is 0 Å². The third-order valence-electron chi connectivity index (χ3n) is 13.5. The summed E-state index contributed by atoms with van der Waals surface area (Å²) in [7, 11) is 0.566. The van der Waals surface area contributed by atoms with Crippen LogP contribution in [0.1, 0.15) is 197 Å². The minimum absolute atomic E-state index is 0. The number of hydrazine groups is 2. The molecule has 1 saturated heterocycles. The molecule has 0 aromatic heterocycles. The fourth-order valence-electron chi connectivity index (χ4n) is 9.24. The Hall–Kier alpha value is -5.68. The van der Waals surface area contributed by atoms with Crippen molar-refractivity contribution in [2.75, 3.05) is 14.2 Å². The van der Waals surface area contributed by atoms with Crippen LogP contribution in [0.2, 0.25) is 0 Å². The van der Waals surface area contributed by atoms with Gasteiger partial charge in [0.2, 0.25) is 0 Å². The number of hydrogen-bond acceptors (Lipinski definition) is 11. The van der Waals surface area contributed by atoms with Gasteiger partial charge in [0.15, 0.2) is 6.29 Å². The molecule has 75 heavy (non-hydrogen) atoms.